The van der Waals surface area contributed by atoms with E-state index >= 15 is 0 Å². The average Bonchev–Trinajstić information content (AvgIpc) is 2.09. The molecule has 0 radical (unpaired) electrons. The third-order valence-electron chi connectivity index (χ3n) is 1.53. The summed E-state index contributed by atoms with van der Waals surface area (Å²) in [6, 6.07) is 0. The Morgan fingerprint density at radius 1 is 1.73 bits per heavy atom. The molecule has 0 aromatic heterocycles. The lowest BCUT2D eigenvalue weighted by molar-refractivity contribution is -0.119. The second kappa shape index (κ2) is 3.30. The Morgan fingerprint density at radius 3 is 2.73 bits per heavy atom. The summed E-state index contributed by atoms with van der Waals surface area (Å²) < 4.78 is 0. The highest BCUT2D eigenvalue weighted by Gasteiger charge is 2.27. The Bertz CT molecular complexity index is 189. The Morgan fingerprint density at radius 2 is 2.36 bits per heavy atom. The number of amides is 1. The highest BCUT2D eigenvalue weighted by Crippen LogP contribution is 2.29. The molecule has 2 nitrogen and oxygen atoms in total. The Hall–Kier alpha value is -0.440. The van der Waals surface area contributed by atoms with Crippen LogP contribution in [0, 0.1) is 5.92 Å². The van der Waals surface area contributed by atoms with Gasteiger partial charge in [-0.15, -0.1) is 0 Å². The number of thioether (sulfide) groups is 1. The van der Waals surface area contributed by atoms with Crippen molar-refractivity contribution in [1.29, 1.82) is 0 Å². The van der Waals surface area contributed by atoms with Crippen LogP contribution in [0.1, 0.15) is 20.3 Å². The van der Waals surface area contributed by atoms with Gasteiger partial charge in [0.15, 0.2) is 0 Å². The summed E-state index contributed by atoms with van der Waals surface area (Å²) in [5.74, 6) is 0.692. The molecule has 1 aliphatic rings. The van der Waals surface area contributed by atoms with Gasteiger partial charge in [0.25, 0.3) is 0 Å². The zero-order valence-electron chi connectivity index (χ0n) is 6.89. The summed E-state index contributed by atoms with van der Waals surface area (Å²) in [4.78, 5) is 11.1. The molecule has 1 fully saturated rings. The standard InChI is InChI=1S/C8H13NOS/c1-5(2)4-7-8(10)9-6(3)11-7/h5,7H,3-4H2,1-2H3,(H,9,10). The van der Waals surface area contributed by atoms with Gasteiger partial charge in [-0.25, -0.2) is 0 Å². The molecule has 1 amide bonds. The highest BCUT2D eigenvalue weighted by atomic mass is 32.2. The number of nitrogens with one attached hydrogen (secondary N) is 1. The fourth-order valence-corrected chi connectivity index (χ4v) is 2.21. The quantitative estimate of drug-likeness (QED) is 0.685. The summed E-state index contributed by atoms with van der Waals surface area (Å²) in [5, 5.41) is 3.59. The number of hydrogen-bond donors (Lipinski definition) is 1. The molecule has 0 spiro atoms. The molecule has 1 aliphatic heterocycles. The van der Waals surface area contributed by atoms with Crippen LogP contribution in [0.2, 0.25) is 0 Å². The molecular formula is C8H13NOS. The van der Waals surface area contributed by atoms with E-state index < -0.39 is 0 Å². The summed E-state index contributed by atoms with van der Waals surface area (Å²) in [5.41, 5.74) is 0. The van der Waals surface area contributed by atoms with Crippen molar-refractivity contribution in [1.82, 2.24) is 5.32 Å². The number of hydrogen-bond acceptors (Lipinski definition) is 2. The Kier molecular flexibility index (Phi) is 2.60. The molecule has 1 unspecified atom stereocenters. The van der Waals surface area contributed by atoms with E-state index in [9.17, 15) is 4.79 Å². The molecule has 0 aromatic carbocycles. The summed E-state index contributed by atoms with van der Waals surface area (Å²) in [6.45, 7) is 7.93. The van der Waals surface area contributed by atoms with Gasteiger partial charge in [0.05, 0.1) is 10.3 Å². The third-order valence-corrected chi connectivity index (χ3v) is 2.60. The van der Waals surface area contributed by atoms with Crippen LogP contribution in [0.15, 0.2) is 11.6 Å². The van der Waals surface area contributed by atoms with Gasteiger partial charge in [0, 0.05) is 0 Å². The van der Waals surface area contributed by atoms with Crippen molar-refractivity contribution in [3.8, 4) is 0 Å². The van der Waals surface area contributed by atoms with Crippen LogP contribution >= 0.6 is 11.8 Å². The molecule has 62 valence electrons. The molecule has 1 heterocycles. The Balaban J connectivity index is 2.47. The zero-order valence-corrected chi connectivity index (χ0v) is 7.70. The van der Waals surface area contributed by atoms with E-state index in [2.05, 4.69) is 25.7 Å². The van der Waals surface area contributed by atoms with Crippen LogP contribution < -0.4 is 5.32 Å². The van der Waals surface area contributed by atoms with Crippen molar-refractivity contribution >= 4 is 17.7 Å². The molecule has 1 atom stereocenters. The van der Waals surface area contributed by atoms with E-state index in [1.807, 2.05) is 0 Å². The normalized spacial score (nSPS) is 24.5. The van der Waals surface area contributed by atoms with Crippen LogP contribution in [-0.4, -0.2) is 11.2 Å². The second-order valence-electron chi connectivity index (χ2n) is 3.15. The molecule has 0 saturated carbocycles. The molecule has 0 aromatic rings. The topological polar surface area (TPSA) is 29.1 Å². The molecule has 1 N–H and O–H groups in total. The second-order valence-corrected chi connectivity index (χ2v) is 4.45. The van der Waals surface area contributed by atoms with E-state index in [1.165, 1.54) is 0 Å². The largest absolute Gasteiger partial charge is 0.320 e. The van der Waals surface area contributed by atoms with Gasteiger partial charge in [-0.3, -0.25) is 4.79 Å². The van der Waals surface area contributed by atoms with Crippen molar-refractivity contribution in [3.05, 3.63) is 11.6 Å². The fourth-order valence-electron chi connectivity index (χ4n) is 1.06. The maximum Gasteiger partial charge on any atom is 0.238 e. The summed E-state index contributed by atoms with van der Waals surface area (Å²) in [7, 11) is 0. The van der Waals surface area contributed by atoms with Crippen molar-refractivity contribution < 1.29 is 4.79 Å². The van der Waals surface area contributed by atoms with Gasteiger partial charge >= 0.3 is 0 Å². The molecule has 3 heteroatoms. The predicted molar refractivity (Wildman–Crippen MR) is 48.1 cm³/mol. The van der Waals surface area contributed by atoms with Gasteiger partial charge in [-0.2, -0.15) is 0 Å². The van der Waals surface area contributed by atoms with Gasteiger partial charge in [-0.05, 0) is 12.3 Å². The first kappa shape index (κ1) is 8.65. The first-order chi connectivity index (χ1) is 5.09. The van der Waals surface area contributed by atoms with E-state index in [-0.39, 0.29) is 11.2 Å². The van der Waals surface area contributed by atoms with Crippen LogP contribution in [0.25, 0.3) is 0 Å². The predicted octanol–water partition coefficient (Wildman–Crippen LogP) is 1.74. The molecule has 1 saturated heterocycles. The lowest BCUT2D eigenvalue weighted by atomic mass is 10.1. The summed E-state index contributed by atoms with van der Waals surface area (Å²) >= 11 is 1.55. The van der Waals surface area contributed by atoms with E-state index in [1.54, 1.807) is 11.8 Å². The molecule has 0 bridgehead atoms. The first-order valence-electron chi connectivity index (χ1n) is 3.76. The molecule has 11 heavy (non-hydrogen) atoms. The Labute approximate surface area is 71.4 Å². The van der Waals surface area contributed by atoms with E-state index in [4.69, 9.17) is 0 Å². The van der Waals surface area contributed by atoms with Crippen molar-refractivity contribution in [2.45, 2.75) is 25.5 Å². The monoisotopic (exact) mass is 171 g/mol. The molecule has 1 rings (SSSR count). The van der Waals surface area contributed by atoms with Crippen molar-refractivity contribution in [2.75, 3.05) is 0 Å². The minimum Gasteiger partial charge on any atom is -0.320 e. The maximum atomic E-state index is 11.1. The molecule has 0 aliphatic carbocycles. The first-order valence-corrected chi connectivity index (χ1v) is 4.64. The van der Waals surface area contributed by atoms with Crippen LogP contribution in [0.5, 0.6) is 0 Å². The van der Waals surface area contributed by atoms with Crippen LogP contribution in [-0.2, 0) is 4.79 Å². The smallest absolute Gasteiger partial charge is 0.238 e. The lowest BCUT2D eigenvalue weighted by Gasteiger charge is -2.07. The minimum atomic E-state index is 0.0995. The lowest BCUT2D eigenvalue weighted by Crippen LogP contribution is -2.22. The van der Waals surface area contributed by atoms with Gasteiger partial charge in [-0.1, -0.05) is 32.2 Å². The maximum absolute atomic E-state index is 11.1. The highest BCUT2D eigenvalue weighted by molar-refractivity contribution is 8.04. The van der Waals surface area contributed by atoms with Crippen LogP contribution in [0.3, 0.4) is 0 Å². The zero-order chi connectivity index (χ0) is 8.43. The van der Waals surface area contributed by atoms with Gasteiger partial charge in [0.1, 0.15) is 0 Å². The fraction of sp³-hybridized carbons (Fsp3) is 0.625. The summed E-state index contributed by atoms with van der Waals surface area (Å²) in [6.07, 6.45) is 0.940. The number of rotatable bonds is 2. The van der Waals surface area contributed by atoms with E-state index in [0.29, 0.717) is 5.92 Å². The molecular weight excluding hydrogens is 158 g/mol. The van der Waals surface area contributed by atoms with Gasteiger partial charge < -0.3 is 5.32 Å². The van der Waals surface area contributed by atoms with E-state index in [0.717, 1.165) is 11.4 Å². The SMILES string of the molecule is C=C1NC(=O)C(CC(C)C)S1. The van der Waals surface area contributed by atoms with Crippen molar-refractivity contribution in [2.24, 2.45) is 5.92 Å². The van der Waals surface area contributed by atoms with Gasteiger partial charge in [0.2, 0.25) is 5.91 Å². The van der Waals surface area contributed by atoms with Crippen LogP contribution in [0.4, 0.5) is 0 Å². The number of carbonyl (C=O) groups is 1. The minimum absolute atomic E-state index is 0.0995. The average molecular weight is 171 g/mol. The third kappa shape index (κ3) is 2.26. The number of carbonyl (C=O) groups excluding carboxylic acids is 1. The van der Waals surface area contributed by atoms with Crippen molar-refractivity contribution in [3.63, 3.8) is 0 Å².